The molecule has 29 heavy (non-hydrogen) atoms. The third-order valence-corrected chi connectivity index (χ3v) is 6.66. The van der Waals surface area contributed by atoms with Crippen LogP contribution >= 0.6 is 0 Å². The van der Waals surface area contributed by atoms with E-state index in [1.807, 2.05) is 24.3 Å². The lowest BCUT2D eigenvalue weighted by Crippen LogP contribution is -2.40. The van der Waals surface area contributed by atoms with Crippen molar-refractivity contribution in [2.24, 2.45) is 11.3 Å². The number of sulfone groups is 1. The Morgan fingerprint density at radius 2 is 1.69 bits per heavy atom. The number of ether oxygens (including phenoxy) is 2. The fourth-order valence-electron chi connectivity index (χ4n) is 3.64. The van der Waals surface area contributed by atoms with Crippen LogP contribution in [0.5, 0.6) is 5.75 Å². The van der Waals surface area contributed by atoms with Crippen LogP contribution in [-0.4, -0.2) is 57.1 Å². The smallest absolute Gasteiger partial charge is 0.225 e. The molecule has 3 unspecified atom stereocenters. The number of nitrogens with zero attached hydrogens (tertiary/aromatic N) is 1. The van der Waals surface area contributed by atoms with E-state index in [0.29, 0.717) is 36.8 Å². The van der Waals surface area contributed by atoms with Crippen LogP contribution in [-0.2, 0) is 14.6 Å². The summed E-state index contributed by atoms with van der Waals surface area (Å²) >= 11 is 0. The Labute approximate surface area is 176 Å². The predicted molar refractivity (Wildman–Crippen MR) is 117 cm³/mol. The number of benzene rings is 1. The van der Waals surface area contributed by atoms with Gasteiger partial charge in [-0.25, -0.2) is 8.42 Å². The molecule has 0 aliphatic carbocycles. The normalized spacial score (nSPS) is 20.1. The monoisotopic (exact) mass is 427 g/mol. The molecule has 0 saturated carbocycles. The van der Waals surface area contributed by atoms with Gasteiger partial charge in [0.15, 0.2) is 9.84 Å². The molecule has 0 amide bonds. The lowest BCUT2D eigenvalue weighted by Gasteiger charge is -2.29. The highest BCUT2D eigenvalue weighted by atomic mass is 32.2. The first kappa shape index (κ1) is 24.0. The van der Waals surface area contributed by atoms with Gasteiger partial charge in [-0.3, -0.25) is 0 Å². The first-order chi connectivity index (χ1) is 13.5. The van der Waals surface area contributed by atoms with Gasteiger partial charge in [0, 0.05) is 18.8 Å². The van der Waals surface area contributed by atoms with Crippen molar-refractivity contribution in [2.45, 2.75) is 59.9 Å². The zero-order valence-electron chi connectivity index (χ0n) is 18.4. The second kappa shape index (κ2) is 10.1. The zero-order chi connectivity index (χ0) is 21.7. The Kier molecular flexibility index (Phi) is 8.37. The molecule has 1 fully saturated rings. The molecule has 1 aliphatic heterocycles. The van der Waals surface area contributed by atoms with Gasteiger partial charge < -0.3 is 19.5 Å². The molecule has 0 spiro atoms. The molecule has 6 nitrogen and oxygen atoms in total. The summed E-state index contributed by atoms with van der Waals surface area (Å²) in [7, 11) is -2.89. The number of rotatable bonds is 9. The lowest BCUT2D eigenvalue weighted by atomic mass is 9.84. The van der Waals surface area contributed by atoms with Crippen LogP contribution in [0.1, 0.15) is 47.5 Å². The number of hydrogen-bond acceptors (Lipinski definition) is 6. The summed E-state index contributed by atoms with van der Waals surface area (Å²) in [6.07, 6.45) is 0.568. The van der Waals surface area contributed by atoms with E-state index in [0.717, 1.165) is 18.5 Å². The fourth-order valence-corrected chi connectivity index (χ4v) is 4.85. The van der Waals surface area contributed by atoms with Crippen LogP contribution in [0.4, 0.5) is 5.69 Å². The Hall–Kier alpha value is -1.31. The minimum atomic E-state index is -2.89. The second-order valence-electron chi connectivity index (χ2n) is 9.39. The van der Waals surface area contributed by atoms with Crippen molar-refractivity contribution in [3.63, 3.8) is 0 Å². The molecular formula is C22H37NO5S. The Morgan fingerprint density at radius 1 is 1.10 bits per heavy atom. The van der Waals surface area contributed by atoms with Crippen LogP contribution in [0.25, 0.3) is 0 Å². The van der Waals surface area contributed by atoms with Gasteiger partial charge in [-0.15, -0.1) is 0 Å². The maximum atomic E-state index is 11.6. The van der Waals surface area contributed by atoms with Crippen molar-refractivity contribution in [1.29, 1.82) is 0 Å². The quantitative estimate of drug-likeness (QED) is 0.608. The fraction of sp³-hybridized carbons (Fsp3) is 0.727. The summed E-state index contributed by atoms with van der Waals surface area (Å²) in [5, 5.41) is 10.0. The molecule has 1 N–H and O–H groups in total. The van der Waals surface area contributed by atoms with Crippen LogP contribution in [0, 0.1) is 11.3 Å². The first-order valence-electron chi connectivity index (χ1n) is 10.5. The van der Waals surface area contributed by atoms with Crippen LogP contribution in [0.3, 0.4) is 0 Å². The zero-order valence-corrected chi connectivity index (χ0v) is 19.2. The minimum Gasteiger partial charge on any atom is -0.462 e. The van der Waals surface area contributed by atoms with E-state index >= 15 is 0 Å². The highest BCUT2D eigenvalue weighted by Crippen LogP contribution is 2.26. The van der Waals surface area contributed by atoms with Crippen molar-refractivity contribution < 1.29 is 23.0 Å². The average Bonchev–Trinajstić information content (AvgIpc) is 2.60. The molecule has 1 heterocycles. The van der Waals surface area contributed by atoms with Crippen LogP contribution < -0.4 is 9.64 Å². The molecule has 2 rings (SSSR count). The number of anilines is 1. The summed E-state index contributed by atoms with van der Waals surface area (Å²) < 4.78 is 34.8. The van der Waals surface area contributed by atoms with E-state index in [9.17, 15) is 13.5 Å². The molecule has 1 saturated heterocycles. The second-order valence-corrected chi connectivity index (χ2v) is 11.7. The minimum absolute atomic E-state index is 0.191. The van der Waals surface area contributed by atoms with E-state index in [1.165, 1.54) is 0 Å². The van der Waals surface area contributed by atoms with Crippen molar-refractivity contribution in [2.75, 3.05) is 36.1 Å². The van der Waals surface area contributed by atoms with Crippen LogP contribution in [0.2, 0.25) is 0 Å². The molecular weight excluding hydrogens is 390 g/mol. The molecule has 1 aliphatic rings. The van der Waals surface area contributed by atoms with Crippen molar-refractivity contribution >= 4 is 15.5 Å². The molecule has 7 heteroatoms. The largest absolute Gasteiger partial charge is 0.462 e. The van der Waals surface area contributed by atoms with E-state index in [4.69, 9.17) is 9.47 Å². The van der Waals surface area contributed by atoms with Crippen molar-refractivity contribution in [1.82, 2.24) is 0 Å². The van der Waals surface area contributed by atoms with Gasteiger partial charge in [-0.2, -0.15) is 0 Å². The SMILES string of the molecule is CC(CCOC(Oc1ccc(N2CCS(=O)(=O)CC2)cc1)C(C)O)CC(C)(C)C. The van der Waals surface area contributed by atoms with E-state index in [1.54, 1.807) is 6.92 Å². The summed E-state index contributed by atoms with van der Waals surface area (Å²) in [6, 6.07) is 7.49. The summed E-state index contributed by atoms with van der Waals surface area (Å²) in [5.74, 6) is 1.54. The third-order valence-electron chi connectivity index (χ3n) is 5.05. The molecule has 0 bridgehead atoms. The lowest BCUT2D eigenvalue weighted by molar-refractivity contribution is -0.141. The van der Waals surface area contributed by atoms with Crippen molar-refractivity contribution in [3.8, 4) is 5.75 Å². The topological polar surface area (TPSA) is 76.1 Å². The highest BCUT2D eigenvalue weighted by Gasteiger charge is 2.22. The molecule has 0 aromatic heterocycles. The van der Waals surface area contributed by atoms with E-state index in [2.05, 4.69) is 32.6 Å². The Balaban J connectivity index is 1.85. The van der Waals surface area contributed by atoms with Gasteiger partial charge in [0.2, 0.25) is 6.29 Å². The highest BCUT2D eigenvalue weighted by molar-refractivity contribution is 7.91. The number of aliphatic hydroxyl groups excluding tert-OH is 1. The summed E-state index contributed by atoms with van der Waals surface area (Å²) in [5.41, 5.74) is 1.26. The van der Waals surface area contributed by atoms with Crippen molar-refractivity contribution in [3.05, 3.63) is 24.3 Å². The van der Waals surface area contributed by atoms with Gasteiger partial charge in [0.25, 0.3) is 0 Å². The number of aliphatic hydroxyl groups is 1. The molecule has 3 atom stereocenters. The maximum absolute atomic E-state index is 11.6. The Morgan fingerprint density at radius 3 is 2.21 bits per heavy atom. The van der Waals surface area contributed by atoms with Gasteiger partial charge in [0.05, 0.1) is 18.1 Å². The van der Waals surface area contributed by atoms with Crippen LogP contribution in [0.15, 0.2) is 24.3 Å². The van der Waals surface area contributed by atoms with Gasteiger partial charge in [-0.05, 0) is 55.4 Å². The summed E-state index contributed by atoms with van der Waals surface area (Å²) in [6.45, 7) is 12.1. The standard InChI is InChI=1S/C22H37NO5S/c1-17(16-22(3,4)5)10-13-27-21(18(2)24)28-20-8-6-19(7-9-20)23-11-14-29(25,26)15-12-23/h6-9,17-18,21,24H,10-16H2,1-5H3. The Bertz CT molecular complexity index is 711. The van der Waals surface area contributed by atoms with E-state index < -0.39 is 22.2 Å². The molecule has 1 aromatic carbocycles. The third kappa shape index (κ3) is 8.52. The predicted octanol–water partition coefficient (Wildman–Crippen LogP) is 3.49. The first-order valence-corrected chi connectivity index (χ1v) is 12.3. The molecule has 0 radical (unpaired) electrons. The van der Waals surface area contributed by atoms with E-state index in [-0.39, 0.29) is 11.5 Å². The molecule has 166 valence electrons. The van der Waals surface area contributed by atoms with Gasteiger partial charge in [-0.1, -0.05) is 27.7 Å². The summed E-state index contributed by atoms with van der Waals surface area (Å²) in [4.78, 5) is 2.06. The van der Waals surface area contributed by atoms with Gasteiger partial charge in [0.1, 0.15) is 11.9 Å². The maximum Gasteiger partial charge on any atom is 0.225 e. The average molecular weight is 428 g/mol. The molecule has 1 aromatic rings. The van der Waals surface area contributed by atoms with Gasteiger partial charge >= 0.3 is 0 Å². The number of hydrogen-bond donors (Lipinski definition) is 1.